The molecule has 10 heteroatoms. The van der Waals surface area contributed by atoms with E-state index < -0.39 is 23.9 Å². The van der Waals surface area contributed by atoms with Crippen molar-refractivity contribution in [2.75, 3.05) is 6.61 Å². The molecule has 0 spiro atoms. The number of benzene rings is 1. The number of ether oxygens (including phenoxy) is 1. The molecule has 0 bridgehead atoms. The zero-order valence-electron chi connectivity index (χ0n) is 18.0. The summed E-state index contributed by atoms with van der Waals surface area (Å²) in [7, 11) is 0. The Balaban J connectivity index is 1.83. The Morgan fingerprint density at radius 1 is 1.09 bits per heavy atom. The van der Waals surface area contributed by atoms with Gasteiger partial charge in [0.2, 0.25) is 5.82 Å². The van der Waals surface area contributed by atoms with Gasteiger partial charge in [0.15, 0.2) is 0 Å². The Kier molecular flexibility index (Phi) is 7.12. The fourth-order valence-corrected chi connectivity index (χ4v) is 3.51. The summed E-state index contributed by atoms with van der Waals surface area (Å²) in [5.41, 5.74) is 1.46. The Labute approximate surface area is 187 Å². The topological polar surface area (TPSA) is 77.0 Å². The minimum Gasteiger partial charge on any atom is -0.493 e. The average molecular weight is 465 g/mol. The second-order valence-corrected chi connectivity index (χ2v) is 8.99. The maximum absolute atomic E-state index is 12.9. The molecule has 0 saturated heterocycles. The van der Waals surface area contributed by atoms with Crippen LogP contribution in [0.2, 0.25) is 0 Å². The first-order valence-corrected chi connectivity index (χ1v) is 10.7. The number of halogens is 3. The number of aromatic nitrogens is 3. The van der Waals surface area contributed by atoms with Crippen molar-refractivity contribution in [2.45, 2.75) is 39.9 Å². The van der Waals surface area contributed by atoms with Gasteiger partial charge in [-0.05, 0) is 38.0 Å². The molecule has 6 nitrogen and oxygen atoms in total. The third-order valence-corrected chi connectivity index (χ3v) is 5.36. The quantitative estimate of drug-likeness (QED) is 0.503. The summed E-state index contributed by atoms with van der Waals surface area (Å²) in [5, 5.41) is 3.53. The van der Waals surface area contributed by atoms with E-state index in [0.717, 1.165) is 27.8 Å². The highest BCUT2D eigenvalue weighted by Crippen LogP contribution is 2.30. The third kappa shape index (κ3) is 6.03. The molecule has 1 aromatic carbocycles. The van der Waals surface area contributed by atoms with E-state index in [4.69, 9.17) is 4.74 Å². The van der Waals surface area contributed by atoms with E-state index in [1.54, 1.807) is 25.3 Å². The van der Waals surface area contributed by atoms with Gasteiger partial charge in [-0.15, -0.1) is 11.3 Å². The molecule has 2 aromatic heterocycles. The number of rotatable bonds is 7. The average Bonchev–Trinajstić information content (AvgIpc) is 3.18. The van der Waals surface area contributed by atoms with Crippen molar-refractivity contribution in [3.63, 3.8) is 0 Å². The van der Waals surface area contributed by atoms with Crippen LogP contribution in [0.3, 0.4) is 0 Å². The predicted molar refractivity (Wildman–Crippen MR) is 116 cm³/mol. The first kappa shape index (κ1) is 23.6. The summed E-state index contributed by atoms with van der Waals surface area (Å²) in [5.74, 6) is -0.780. The van der Waals surface area contributed by atoms with Gasteiger partial charge in [0.05, 0.1) is 12.6 Å². The fraction of sp³-hybridized carbons (Fsp3) is 0.364. The maximum Gasteiger partial charge on any atom is 0.451 e. The molecule has 170 valence electrons. The Bertz CT molecular complexity index is 1080. The number of thiazole rings is 1. The Morgan fingerprint density at radius 2 is 1.78 bits per heavy atom. The van der Waals surface area contributed by atoms with Gasteiger partial charge >= 0.3 is 6.18 Å². The monoisotopic (exact) mass is 464 g/mol. The standard InChI is InChI=1S/C22H23F3N4O2S/c1-12(2)11-31-18-6-15(5-16(7-18)20-26-8-13(3)32-20)19(30)29-14(4)17-9-27-21(28-10-17)22(23,24)25/h5-10,12,14H,11H2,1-4H3,(H,29,30)/t14-/m1/s1. The van der Waals surface area contributed by atoms with E-state index in [-0.39, 0.29) is 0 Å². The molecule has 3 rings (SSSR count). The zero-order valence-corrected chi connectivity index (χ0v) is 18.8. The first-order valence-electron chi connectivity index (χ1n) is 9.93. The van der Waals surface area contributed by atoms with Crippen LogP contribution < -0.4 is 10.1 Å². The third-order valence-electron chi connectivity index (χ3n) is 4.39. The van der Waals surface area contributed by atoms with Gasteiger partial charge in [-0.3, -0.25) is 4.79 Å². The van der Waals surface area contributed by atoms with Gasteiger partial charge in [0.1, 0.15) is 10.8 Å². The number of alkyl halides is 3. The highest BCUT2D eigenvalue weighted by molar-refractivity contribution is 7.14. The molecule has 2 heterocycles. The Morgan fingerprint density at radius 3 is 2.34 bits per heavy atom. The molecule has 1 amide bonds. The van der Waals surface area contributed by atoms with E-state index >= 15 is 0 Å². The number of nitrogens with zero attached hydrogens (tertiary/aromatic N) is 3. The van der Waals surface area contributed by atoms with Crippen LogP contribution in [0.5, 0.6) is 5.75 Å². The van der Waals surface area contributed by atoms with Crippen molar-refractivity contribution in [3.05, 3.63) is 58.6 Å². The smallest absolute Gasteiger partial charge is 0.451 e. The number of aryl methyl sites for hydroxylation is 1. The van der Waals surface area contributed by atoms with Gasteiger partial charge < -0.3 is 10.1 Å². The molecule has 0 saturated carbocycles. The molecule has 0 unspecified atom stereocenters. The molecule has 0 aliphatic rings. The number of hydrogen-bond acceptors (Lipinski definition) is 6. The molecule has 3 aromatic rings. The van der Waals surface area contributed by atoms with Crippen molar-refractivity contribution in [1.82, 2.24) is 20.3 Å². The fourth-order valence-electron chi connectivity index (χ4n) is 2.76. The van der Waals surface area contributed by atoms with Gasteiger partial charge in [-0.1, -0.05) is 13.8 Å². The minimum atomic E-state index is -4.62. The van der Waals surface area contributed by atoms with Crippen LogP contribution in [0.25, 0.3) is 10.6 Å². The van der Waals surface area contributed by atoms with Crippen molar-refractivity contribution >= 4 is 17.2 Å². The predicted octanol–water partition coefficient (Wildman–Crippen LogP) is 5.45. The van der Waals surface area contributed by atoms with Crippen LogP contribution in [0.1, 0.15) is 53.4 Å². The second-order valence-electron chi connectivity index (χ2n) is 7.76. The van der Waals surface area contributed by atoms with Crippen molar-refractivity contribution < 1.29 is 22.7 Å². The van der Waals surface area contributed by atoms with E-state index in [1.807, 2.05) is 26.8 Å². The van der Waals surface area contributed by atoms with E-state index in [2.05, 4.69) is 20.3 Å². The molecule has 1 atom stereocenters. The van der Waals surface area contributed by atoms with Gasteiger partial charge in [-0.2, -0.15) is 13.2 Å². The van der Waals surface area contributed by atoms with Gasteiger partial charge in [-0.25, -0.2) is 15.0 Å². The van der Waals surface area contributed by atoms with Crippen molar-refractivity contribution in [1.29, 1.82) is 0 Å². The van der Waals surface area contributed by atoms with E-state index in [0.29, 0.717) is 29.4 Å². The summed E-state index contributed by atoms with van der Waals surface area (Å²) in [4.78, 5) is 25.0. The van der Waals surface area contributed by atoms with Gasteiger partial charge in [0.25, 0.3) is 5.91 Å². The minimum absolute atomic E-state index is 0.303. The summed E-state index contributed by atoms with van der Waals surface area (Å²) < 4.78 is 43.8. The van der Waals surface area contributed by atoms with E-state index in [1.165, 1.54) is 11.3 Å². The lowest BCUT2D eigenvalue weighted by Gasteiger charge is -2.16. The number of amides is 1. The first-order chi connectivity index (χ1) is 15.0. The molecular formula is C22H23F3N4O2S. The highest BCUT2D eigenvalue weighted by atomic mass is 32.1. The summed E-state index contributed by atoms with van der Waals surface area (Å²) in [6.45, 7) is 8.13. The van der Waals surface area contributed by atoms with Crippen molar-refractivity contribution in [3.8, 4) is 16.3 Å². The number of hydrogen-bond donors (Lipinski definition) is 1. The van der Waals surface area contributed by atoms with Crippen LogP contribution in [-0.2, 0) is 6.18 Å². The lowest BCUT2D eigenvalue weighted by molar-refractivity contribution is -0.145. The number of nitrogens with one attached hydrogen (secondary N) is 1. The normalized spacial score (nSPS) is 12.6. The largest absolute Gasteiger partial charge is 0.493 e. The van der Waals surface area contributed by atoms with Gasteiger partial charge in [0, 0.05) is 40.2 Å². The number of carbonyl (C=O) groups excluding carboxylic acids is 1. The lowest BCUT2D eigenvalue weighted by Crippen LogP contribution is -2.27. The van der Waals surface area contributed by atoms with Crippen LogP contribution in [0, 0.1) is 12.8 Å². The molecule has 0 radical (unpaired) electrons. The summed E-state index contributed by atoms with van der Waals surface area (Å²) in [6, 6.07) is 4.59. The maximum atomic E-state index is 12.9. The number of carbonyl (C=O) groups is 1. The zero-order chi connectivity index (χ0) is 23.5. The molecule has 32 heavy (non-hydrogen) atoms. The summed E-state index contributed by atoms with van der Waals surface area (Å²) >= 11 is 1.50. The Hall–Kier alpha value is -3.01. The van der Waals surface area contributed by atoms with Crippen LogP contribution in [0.4, 0.5) is 13.2 Å². The summed E-state index contributed by atoms with van der Waals surface area (Å²) in [6.07, 6.45) is -0.737. The van der Waals surface area contributed by atoms with Crippen LogP contribution in [0.15, 0.2) is 36.8 Å². The molecule has 0 fully saturated rings. The van der Waals surface area contributed by atoms with Crippen LogP contribution in [-0.4, -0.2) is 27.5 Å². The lowest BCUT2D eigenvalue weighted by atomic mass is 10.1. The molecule has 0 aliphatic heterocycles. The molecular weight excluding hydrogens is 441 g/mol. The van der Waals surface area contributed by atoms with Crippen LogP contribution >= 0.6 is 11.3 Å². The second kappa shape index (κ2) is 9.64. The highest BCUT2D eigenvalue weighted by Gasteiger charge is 2.34. The SMILES string of the molecule is Cc1cnc(-c2cc(OCC(C)C)cc(C(=O)N[C@H](C)c3cnc(C(F)(F)F)nc3)c2)s1. The molecule has 0 aliphatic carbocycles. The molecule has 1 N–H and O–H groups in total. The van der Waals surface area contributed by atoms with E-state index in [9.17, 15) is 18.0 Å². The van der Waals surface area contributed by atoms with Crippen molar-refractivity contribution in [2.24, 2.45) is 5.92 Å².